The van der Waals surface area contributed by atoms with E-state index in [0.717, 1.165) is 0 Å². The zero-order valence-corrected chi connectivity index (χ0v) is 16.1. The SMILES string of the molecule is CC(C)(C)OC(=O)NC1(C(F)(F)C(=O)c2ccccc2)C(=O)Nc2ccccc21. The summed E-state index contributed by atoms with van der Waals surface area (Å²) in [6.45, 7) is 4.65. The molecular formula is C21H20F2N2O4. The zero-order valence-electron chi connectivity index (χ0n) is 16.1. The molecule has 152 valence electrons. The second kappa shape index (κ2) is 6.95. The van der Waals surface area contributed by atoms with Crippen LogP contribution in [0.5, 0.6) is 0 Å². The minimum Gasteiger partial charge on any atom is -0.444 e. The van der Waals surface area contributed by atoms with E-state index in [-0.39, 0.29) is 16.8 Å². The lowest BCUT2D eigenvalue weighted by Gasteiger charge is -2.35. The van der Waals surface area contributed by atoms with Crippen molar-refractivity contribution in [3.8, 4) is 0 Å². The Labute approximate surface area is 166 Å². The Morgan fingerprint density at radius 2 is 1.59 bits per heavy atom. The number of hydrogen-bond acceptors (Lipinski definition) is 4. The molecule has 1 heterocycles. The third-order valence-electron chi connectivity index (χ3n) is 4.40. The molecule has 1 aliphatic rings. The van der Waals surface area contributed by atoms with Crippen LogP contribution in [-0.4, -0.2) is 29.3 Å². The summed E-state index contributed by atoms with van der Waals surface area (Å²) in [4.78, 5) is 38.0. The molecule has 0 fully saturated rings. The quantitative estimate of drug-likeness (QED) is 0.761. The van der Waals surface area contributed by atoms with Gasteiger partial charge < -0.3 is 10.1 Å². The highest BCUT2D eigenvalue weighted by Crippen LogP contribution is 2.47. The summed E-state index contributed by atoms with van der Waals surface area (Å²) in [5, 5.41) is 4.33. The Kier molecular flexibility index (Phi) is 4.90. The fraction of sp³-hybridized carbons (Fsp3) is 0.286. The number of nitrogens with one attached hydrogen (secondary N) is 2. The summed E-state index contributed by atoms with van der Waals surface area (Å²) in [5.41, 5.74) is -4.39. The molecule has 0 bridgehead atoms. The summed E-state index contributed by atoms with van der Waals surface area (Å²) in [5.74, 6) is -7.12. The topological polar surface area (TPSA) is 84.5 Å². The van der Waals surface area contributed by atoms with Gasteiger partial charge in [0.05, 0.1) is 0 Å². The molecule has 0 radical (unpaired) electrons. The van der Waals surface area contributed by atoms with E-state index in [1.807, 2.05) is 5.32 Å². The van der Waals surface area contributed by atoms with Crippen LogP contribution >= 0.6 is 0 Å². The lowest BCUT2D eigenvalue weighted by atomic mass is 9.81. The average Bonchev–Trinajstić information content (AvgIpc) is 2.93. The number of carbonyl (C=O) groups excluding carboxylic acids is 3. The molecule has 6 nitrogen and oxygen atoms in total. The fourth-order valence-corrected chi connectivity index (χ4v) is 3.17. The minimum atomic E-state index is -4.30. The van der Waals surface area contributed by atoms with Gasteiger partial charge in [0.1, 0.15) is 5.60 Å². The number of carbonyl (C=O) groups is 3. The van der Waals surface area contributed by atoms with E-state index in [2.05, 4.69) is 5.32 Å². The molecule has 1 aliphatic heterocycles. The number of alkyl halides is 2. The third-order valence-corrected chi connectivity index (χ3v) is 4.40. The van der Waals surface area contributed by atoms with Crippen molar-refractivity contribution in [2.75, 3.05) is 5.32 Å². The number of Topliss-reactive ketones (excluding diaryl/α,β-unsaturated/α-hetero) is 1. The molecule has 1 unspecified atom stereocenters. The van der Waals surface area contributed by atoms with Gasteiger partial charge in [-0.05, 0) is 26.8 Å². The molecule has 0 spiro atoms. The first-order valence-corrected chi connectivity index (χ1v) is 8.89. The number of ether oxygens (including phenoxy) is 1. The van der Waals surface area contributed by atoms with Crippen LogP contribution in [0.25, 0.3) is 0 Å². The molecule has 0 saturated carbocycles. The first kappa shape index (κ1) is 20.4. The molecule has 29 heavy (non-hydrogen) atoms. The van der Waals surface area contributed by atoms with E-state index in [1.165, 1.54) is 42.5 Å². The lowest BCUT2D eigenvalue weighted by molar-refractivity contribution is -0.136. The van der Waals surface area contributed by atoms with Crippen LogP contribution in [-0.2, 0) is 15.1 Å². The van der Waals surface area contributed by atoms with Crippen molar-refractivity contribution in [2.45, 2.75) is 37.8 Å². The van der Waals surface area contributed by atoms with Gasteiger partial charge in [-0.1, -0.05) is 48.5 Å². The summed E-state index contributed by atoms with van der Waals surface area (Å²) in [6.07, 6.45) is -1.25. The second-order valence-electron chi connectivity index (χ2n) is 7.65. The van der Waals surface area contributed by atoms with E-state index in [0.29, 0.717) is 0 Å². The van der Waals surface area contributed by atoms with Crippen molar-refractivity contribution in [1.29, 1.82) is 0 Å². The standard InChI is InChI=1S/C21H20F2N2O4/c1-19(2,3)29-18(28)25-20(14-11-7-8-12-15(14)24-17(20)27)21(22,23)16(26)13-9-5-4-6-10-13/h4-12H,1-3H3,(H,24,27)(H,25,28). The van der Waals surface area contributed by atoms with Crippen molar-refractivity contribution in [2.24, 2.45) is 0 Å². The molecule has 2 aromatic carbocycles. The first-order chi connectivity index (χ1) is 13.5. The highest BCUT2D eigenvalue weighted by atomic mass is 19.3. The molecule has 2 amide bonds. The van der Waals surface area contributed by atoms with Crippen LogP contribution in [0.4, 0.5) is 19.3 Å². The highest BCUT2D eigenvalue weighted by molar-refractivity contribution is 6.14. The number of ketones is 1. The third kappa shape index (κ3) is 3.46. The largest absolute Gasteiger partial charge is 0.444 e. The smallest absolute Gasteiger partial charge is 0.408 e. The zero-order chi connectivity index (χ0) is 21.4. The van der Waals surface area contributed by atoms with Gasteiger partial charge in [0.2, 0.25) is 11.3 Å². The Morgan fingerprint density at radius 1 is 1.00 bits per heavy atom. The van der Waals surface area contributed by atoms with Crippen LogP contribution in [0.3, 0.4) is 0 Å². The Bertz CT molecular complexity index is 970. The fourth-order valence-electron chi connectivity index (χ4n) is 3.17. The maximum atomic E-state index is 15.7. The van der Waals surface area contributed by atoms with E-state index in [1.54, 1.807) is 32.9 Å². The van der Waals surface area contributed by atoms with Crippen LogP contribution < -0.4 is 10.6 Å². The van der Waals surface area contributed by atoms with Gasteiger partial charge >= 0.3 is 12.0 Å². The monoisotopic (exact) mass is 402 g/mol. The van der Waals surface area contributed by atoms with Gasteiger partial charge in [-0.3, -0.25) is 14.9 Å². The lowest BCUT2D eigenvalue weighted by Crippen LogP contribution is -2.65. The molecule has 2 aromatic rings. The predicted molar refractivity (Wildman–Crippen MR) is 102 cm³/mol. The van der Waals surface area contributed by atoms with E-state index in [4.69, 9.17) is 4.74 Å². The van der Waals surface area contributed by atoms with Gasteiger partial charge in [0, 0.05) is 16.8 Å². The van der Waals surface area contributed by atoms with E-state index in [9.17, 15) is 14.4 Å². The van der Waals surface area contributed by atoms with Gasteiger partial charge in [0.15, 0.2) is 0 Å². The van der Waals surface area contributed by atoms with E-state index >= 15 is 8.78 Å². The maximum absolute atomic E-state index is 15.7. The van der Waals surface area contributed by atoms with Gasteiger partial charge in [-0.25, -0.2) is 4.79 Å². The summed E-state index contributed by atoms with van der Waals surface area (Å²) in [6, 6.07) is 12.5. The Hall–Kier alpha value is -3.29. The molecule has 3 rings (SSSR count). The van der Waals surface area contributed by atoms with E-state index < -0.39 is 34.8 Å². The number of anilines is 1. The molecular weight excluding hydrogens is 382 g/mol. The molecule has 2 N–H and O–H groups in total. The normalized spacial score (nSPS) is 18.6. The first-order valence-electron chi connectivity index (χ1n) is 8.89. The summed E-state index contributed by atoms with van der Waals surface area (Å²) in [7, 11) is 0. The summed E-state index contributed by atoms with van der Waals surface area (Å²) < 4.78 is 36.5. The number of amides is 2. The number of alkyl carbamates (subject to hydrolysis) is 1. The molecule has 0 saturated heterocycles. The second-order valence-corrected chi connectivity index (χ2v) is 7.65. The highest BCUT2D eigenvalue weighted by Gasteiger charge is 2.69. The van der Waals surface area contributed by atoms with Crippen LogP contribution in [0.2, 0.25) is 0 Å². The minimum absolute atomic E-state index is 0.0779. The number of para-hydroxylation sites is 1. The number of benzene rings is 2. The van der Waals surface area contributed by atoms with Gasteiger partial charge in [-0.15, -0.1) is 0 Å². The summed E-state index contributed by atoms with van der Waals surface area (Å²) >= 11 is 0. The number of rotatable bonds is 4. The van der Waals surface area contributed by atoms with Crippen molar-refractivity contribution < 1.29 is 27.9 Å². The number of fused-ring (bicyclic) bond motifs is 1. The van der Waals surface area contributed by atoms with Crippen molar-refractivity contribution >= 4 is 23.5 Å². The maximum Gasteiger partial charge on any atom is 0.408 e. The van der Waals surface area contributed by atoms with Crippen molar-refractivity contribution in [3.05, 3.63) is 65.7 Å². The predicted octanol–water partition coefficient (Wildman–Crippen LogP) is 3.88. The van der Waals surface area contributed by atoms with Crippen LogP contribution in [0, 0.1) is 0 Å². The molecule has 1 atom stereocenters. The Balaban J connectivity index is 2.15. The molecule has 0 aliphatic carbocycles. The molecule has 8 heteroatoms. The van der Waals surface area contributed by atoms with Crippen molar-refractivity contribution in [1.82, 2.24) is 5.32 Å². The molecule has 0 aromatic heterocycles. The van der Waals surface area contributed by atoms with Gasteiger partial charge in [-0.2, -0.15) is 8.78 Å². The number of hydrogen-bond donors (Lipinski definition) is 2. The Morgan fingerprint density at radius 3 is 2.21 bits per heavy atom. The number of halogens is 2. The van der Waals surface area contributed by atoms with Crippen LogP contribution in [0.1, 0.15) is 36.7 Å². The van der Waals surface area contributed by atoms with Gasteiger partial charge in [0.25, 0.3) is 5.91 Å². The van der Waals surface area contributed by atoms with Crippen LogP contribution in [0.15, 0.2) is 54.6 Å². The average molecular weight is 402 g/mol. The van der Waals surface area contributed by atoms with Crippen molar-refractivity contribution in [3.63, 3.8) is 0 Å².